The molecule has 0 aromatic heterocycles. The van der Waals surface area contributed by atoms with Gasteiger partial charge in [0.05, 0.1) is 4.92 Å². The van der Waals surface area contributed by atoms with Crippen LogP contribution in [0.15, 0.2) is 40.9 Å². The molecule has 2 rings (SSSR count). The van der Waals surface area contributed by atoms with E-state index in [0.29, 0.717) is 5.69 Å². The van der Waals surface area contributed by atoms with Crippen LogP contribution in [0.25, 0.3) is 0 Å². The van der Waals surface area contributed by atoms with Crippen molar-refractivity contribution in [1.82, 2.24) is 0 Å². The predicted octanol–water partition coefficient (Wildman–Crippen LogP) is 4.57. The minimum Gasteiger partial charge on any atom is -0.322 e. The predicted molar refractivity (Wildman–Crippen MR) is 84.9 cm³/mol. The molecule has 108 valence electrons. The number of nitrogens with one attached hydrogen (secondary N) is 1. The Bertz CT molecular complexity index is 714. The zero-order chi connectivity index (χ0) is 15.6. The molecule has 5 nitrogen and oxygen atoms in total. The normalized spacial score (nSPS) is 10.2. The highest BCUT2D eigenvalue weighted by Gasteiger charge is 2.16. The molecule has 1 amide bonds. The first-order valence-corrected chi connectivity index (χ1v) is 7.06. The molecule has 2 aromatic carbocycles. The monoisotopic (exact) mass is 368 g/mol. The molecule has 0 aliphatic carbocycles. The molecule has 0 aliphatic rings. The Labute approximate surface area is 134 Å². The van der Waals surface area contributed by atoms with Crippen LogP contribution >= 0.6 is 27.5 Å². The van der Waals surface area contributed by atoms with Gasteiger partial charge < -0.3 is 5.32 Å². The summed E-state index contributed by atoms with van der Waals surface area (Å²) in [5.41, 5.74) is 1.45. The summed E-state index contributed by atoms with van der Waals surface area (Å²) >= 11 is 9.06. The van der Waals surface area contributed by atoms with Crippen LogP contribution in [0, 0.1) is 17.0 Å². The van der Waals surface area contributed by atoms with Crippen molar-refractivity contribution in [2.75, 3.05) is 5.32 Å². The topological polar surface area (TPSA) is 72.2 Å². The van der Waals surface area contributed by atoms with E-state index < -0.39 is 10.8 Å². The van der Waals surface area contributed by atoms with E-state index in [1.807, 2.05) is 13.0 Å². The van der Waals surface area contributed by atoms with Gasteiger partial charge in [0.1, 0.15) is 5.02 Å². The molecule has 0 spiro atoms. The van der Waals surface area contributed by atoms with Gasteiger partial charge in [0.15, 0.2) is 0 Å². The minimum atomic E-state index is -0.623. The molecule has 2 aromatic rings. The second-order valence-electron chi connectivity index (χ2n) is 4.39. The van der Waals surface area contributed by atoms with Crippen LogP contribution in [0.3, 0.4) is 0 Å². The van der Waals surface area contributed by atoms with Crippen LogP contribution in [0.4, 0.5) is 11.4 Å². The van der Waals surface area contributed by atoms with Gasteiger partial charge in [-0.15, -0.1) is 0 Å². The second-order valence-corrected chi connectivity index (χ2v) is 5.72. The smallest absolute Gasteiger partial charge is 0.288 e. The molecule has 21 heavy (non-hydrogen) atoms. The van der Waals surface area contributed by atoms with E-state index in [-0.39, 0.29) is 16.3 Å². The molecule has 0 saturated heterocycles. The largest absolute Gasteiger partial charge is 0.322 e. The van der Waals surface area contributed by atoms with Gasteiger partial charge in [-0.25, -0.2) is 0 Å². The first-order chi connectivity index (χ1) is 9.86. The summed E-state index contributed by atoms with van der Waals surface area (Å²) in [5.74, 6) is -0.438. The van der Waals surface area contributed by atoms with Crippen molar-refractivity contribution >= 4 is 44.8 Å². The molecular weight excluding hydrogens is 360 g/mol. The Hall–Kier alpha value is -1.92. The number of carbonyl (C=O) groups excluding carboxylic acids is 1. The van der Waals surface area contributed by atoms with Crippen molar-refractivity contribution in [2.24, 2.45) is 0 Å². The number of carbonyl (C=O) groups is 1. The first-order valence-electron chi connectivity index (χ1n) is 5.89. The van der Waals surface area contributed by atoms with E-state index in [1.54, 1.807) is 12.1 Å². The Morgan fingerprint density at radius 2 is 2.00 bits per heavy atom. The van der Waals surface area contributed by atoms with Crippen LogP contribution in [-0.4, -0.2) is 10.8 Å². The SMILES string of the molecule is Cc1cc(Br)cc(NC(=O)c2ccc(Cl)c([N+](=O)[O-])c2)c1. The molecule has 7 heteroatoms. The zero-order valence-electron chi connectivity index (χ0n) is 10.9. The Kier molecular flexibility index (Phi) is 4.59. The van der Waals surface area contributed by atoms with Gasteiger partial charge in [0, 0.05) is 21.8 Å². The number of anilines is 1. The lowest BCUT2D eigenvalue weighted by Gasteiger charge is -2.07. The average molecular weight is 370 g/mol. The molecule has 0 atom stereocenters. The molecular formula is C14H10BrClN2O3. The number of amides is 1. The van der Waals surface area contributed by atoms with E-state index in [9.17, 15) is 14.9 Å². The van der Waals surface area contributed by atoms with Gasteiger partial charge in [-0.2, -0.15) is 0 Å². The number of benzene rings is 2. The molecule has 0 radical (unpaired) electrons. The molecule has 0 aliphatic heterocycles. The zero-order valence-corrected chi connectivity index (χ0v) is 13.2. The molecule has 0 fully saturated rings. The summed E-state index contributed by atoms with van der Waals surface area (Å²) in [6.07, 6.45) is 0. The third kappa shape index (κ3) is 3.80. The number of aryl methyl sites for hydroxylation is 1. The summed E-state index contributed by atoms with van der Waals surface area (Å²) in [5, 5.41) is 13.5. The van der Waals surface area contributed by atoms with Gasteiger partial charge in [-0.1, -0.05) is 27.5 Å². The Morgan fingerprint density at radius 1 is 1.29 bits per heavy atom. The fourth-order valence-electron chi connectivity index (χ4n) is 1.81. The van der Waals surface area contributed by atoms with Crippen LogP contribution in [0.1, 0.15) is 15.9 Å². The van der Waals surface area contributed by atoms with Crippen molar-refractivity contribution in [1.29, 1.82) is 0 Å². The van der Waals surface area contributed by atoms with E-state index in [1.165, 1.54) is 12.1 Å². The van der Waals surface area contributed by atoms with Crippen molar-refractivity contribution in [3.05, 3.63) is 67.1 Å². The standard InChI is InChI=1S/C14H10BrClN2O3/c1-8-4-10(15)7-11(5-8)17-14(19)9-2-3-12(16)13(6-9)18(20)21/h2-7H,1H3,(H,17,19). The lowest BCUT2D eigenvalue weighted by Crippen LogP contribution is -2.12. The van der Waals surface area contributed by atoms with Gasteiger partial charge in [0.2, 0.25) is 0 Å². The van der Waals surface area contributed by atoms with Crippen molar-refractivity contribution in [3.8, 4) is 0 Å². The Balaban J connectivity index is 2.28. The minimum absolute atomic E-state index is 0.00477. The highest BCUT2D eigenvalue weighted by molar-refractivity contribution is 9.10. The van der Waals surface area contributed by atoms with E-state index in [0.717, 1.165) is 16.1 Å². The van der Waals surface area contributed by atoms with Crippen LogP contribution in [0.2, 0.25) is 5.02 Å². The quantitative estimate of drug-likeness (QED) is 0.636. The molecule has 0 heterocycles. The number of hydrogen-bond donors (Lipinski definition) is 1. The summed E-state index contributed by atoms with van der Waals surface area (Å²) in [6, 6.07) is 9.38. The van der Waals surface area contributed by atoms with Crippen molar-refractivity contribution in [2.45, 2.75) is 6.92 Å². The van der Waals surface area contributed by atoms with Crippen LogP contribution < -0.4 is 5.32 Å². The Morgan fingerprint density at radius 3 is 2.62 bits per heavy atom. The van der Waals surface area contributed by atoms with Crippen LogP contribution in [0.5, 0.6) is 0 Å². The number of halogens is 2. The summed E-state index contributed by atoms with van der Waals surface area (Å²) < 4.78 is 0.833. The first kappa shape index (κ1) is 15.5. The molecule has 0 bridgehead atoms. The number of rotatable bonds is 3. The highest BCUT2D eigenvalue weighted by Crippen LogP contribution is 2.26. The van der Waals surface area contributed by atoms with Gasteiger partial charge in [0.25, 0.3) is 11.6 Å². The number of nitro groups is 1. The van der Waals surface area contributed by atoms with Gasteiger partial charge in [-0.05, 0) is 42.8 Å². The summed E-state index contributed by atoms with van der Waals surface area (Å²) in [7, 11) is 0. The highest BCUT2D eigenvalue weighted by atomic mass is 79.9. The van der Waals surface area contributed by atoms with Crippen molar-refractivity contribution in [3.63, 3.8) is 0 Å². The number of nitro benzene ring substituents is 1. The third-order valence-electron chi connectivity index (χ3n) is 2.71. The summed E-state index contributed by atoms with van der Waals surface area (Å²) in [6.45, 7) is 1.90. The summed E-state index contributed by atoms with van der Waals surface area (Å²) in [4.78, 5) is 22.3. The lowest BCUT2D eigenvalue weighted by atomic mass is 10.1. The number of hydrogen-bond acceptors (Lipinski definition) is 3. The van der Waals surface area contributed by atoms with Gasteiger partial charge >= 0.3 is 0 Å². The van der Waals surface area contributed by atoms with E-state index >= 15 is 0 Å². The third-order valence-corrected chi connectivity index (χ3v) is 3.48. The maximum atomic E-state index is 12.1. The lowest BCUT2D eigenvalue weighted by molar-refractivity contribution is -0.384. The molecule has 0 unspecified atom stereocenters. The maximum Gasteiger partial charge on any atom is 0.288 e. The molecule has 0 saturated carbocycles. The number of nitrogens with zero attached hydrogens (tertiary/aromatic N) is 1. The maximum absolute atomic E-state index is 12.1. The second kappa shape index (κ2) is 6.24. The van der Waals surface area contributed by atoms with E-state index in [4.69, 9.17) is 11.6 Å². The van der Waals surface area contributed by atoms with E-state index in [2.05, 4.69) is 21.2 Å². The average Bonchev–Trinajstić information content (AvgIpc) is 2.37. The van der Waals surface area contributed by atoms with Crippen LogP contribution in [-0.2, 0) is 0 Å². The van der Waals surface area contributed by atoms with Crippen molar-refractivity contribution < 1.29 is 9.72 Å². The fraction of sp³-hybridized carbons (Fsp3) is 0.0714. The fourth-order valence-corrected chi connectivity index (χ4v) is 2.60. The molecule has 1 N–H and O–H groups in total. The van der Waals surface area contributed by atoms with Gasteiger partial charge in [-0.3, -0.25) is 14.9 Å².